The molecule has 0 bridgehead atoms. The van der Waals surface area contributed by atoms with Crippen molar-refractivity contribution in [3.63, 3.8) is 0 Å². The maximum absolute atomic E-state index is 6.47. The van der Waals surface area contributed by atoms with Gasteiger partial charge in [0.2, 0.25) is 0 Å². The SMILES string of the molecule is COc1ccc([C@@H](N)C2CCCC2)cc1OCc1ccccc1. The second-order valence-electron chi connectivity index (χ2n) is 6.25. The predicted octanol–water partition coefficient (Wildman–Crippen LogP) is 4.46. The van der Waals surface area contributed by atoms with Crippen LogP contribution in [0.25, 0.3) is 0 Å². The Bertz CT molecular complexity index is 621. The van der Waals surface area contributed by atoms with Crippen LogP contribution < -0.4 is 15.2 Å². The predicted molar refractivity (Wildman–Crippen MR) is 92.7 cm³/mol. The van der Waals surface area contributed by atoms with Crippen molar-refractivity contribution < 1.29 is 9.47 Å². The van der Waals surface area contributed by atoms with Crippen LogP contribution in [0.3, 0.4) is 0 Å². The van der Waals surface area contributed by atoms with Gasteiger partial charge in [-0.15, -0.1) is 0 Å². The van der Waals surface area contributed by atoms with E-state index in [9.17, 15) is 0 Å². The summed E-state index contributed by atoms with van der Waals surface area (Å²) in [7, 11) is 1.67. The number of benzene rings is 2. The molecule has 1 aliphatic rings. The molecular weight excluding hydrogens is 286 g/mol. The Morgan fingerprint density at radius 3 is 2.48 bits per heavy atom. The summed E-state index contributed by atoms with van der Waals surface area (Å²) < 4.78 is 11.4. The lowest BCUT2D eigenvalue weighted by molar-refractivity contribution is 0.283. The van der Waals surface area contributed by atoms with E-state index in [0.717, 1.165) is 22.6 Å². The number of hydrogen-bond donors (Lipinski definition) is 1. The Morgan fingerprint density at radius 2 is 1.78 bits per heavy atom. The van der Waals surface area contributed by atoms with E-state index in [1.165, 1.54) is 25.7 Å². The van der Waals surface area contributed by atoms with Crippen molar-refractivity contribution in [3.8, 4) is 11.5 Å². The summed E-state index contributed by atoms with van der Waals surface area (Å²) >= 11 is 0. The van der Waals surface area contributed by atoms with E-state index in [0.29, 0.717) is 12.5 Å². The van der Waals surface area contributed by atoms with Crippen LogP contribution in [-0.4, -0.2) is 7.11 Å². The van der Waals surface area contributed by atoms with E-state index in [-0.39, 0.29) is 6.04 Å². The highest BCUT2D eigenvalue weighted by atomic mass is 16.5. The van der Waals surface area contributed by atoms with Crippen LogP contribution in [-0.2, 0) is 6.61 Å². The van der Waals surface area contributed by atoms with Crippen molar-refractivity contribution in [2.45, 2.75) is 38.3 Å². The third-order valence-electron chi connectivity index (χ3n) is 4.72. The van der Waals surface area contributed by atoms with E-state index in [1.54, 1.807) is 7.11 Å². The van der Waals surface area contributed by atoms with Crippen LogP contribution >= 0.6 is 0 Å². The molecule has 1 saturated carbocycles. The highest BCUT2D eigenvalue weighted by Crippen LogP contribution is 2.37. The first kappa shape index (κ1) is 15.9. The van der Waals surface area contributed by atoms with E-state index in [2.05, 4.69) is 18.2 Å². The molecule has 1 aliphatic carbocycles. The molecule has 0 radical (unpaired) electrons. The van der Waals surface area contributed by atoms with Crippen molar-refractivity contribution in [2.75, 3.05) is 7.11 Å². The number of hydrogen-bond acceptors (Lipinski definition) is 3. The zero-order chi connectivity index (χ0) is 16.1. The van der Waals surface area contributed by atoms with Crippen LogP contribution in [0.5, 0.6) is 11.5 Å². The highest BCUT2D eigenvalue weighted by Gasteiger charge is 2.24. The molecule has 3 rings (SSSR count). The van der Waals surface area contributed by atoms with Gasteiger partial charge in [0.1, 0.15) is 6.61 Å². The molecule has 0 heterocycles. The van der Waals surface area contributed by atoms with Gasteiger partial charge in [0.15, 0.2) is 11.5 Å². The minimum atomic E-state index is 0.0856. The molecule has 0 unspecified atom stereocenters. The molecule has 0 aliphatic heterocycles. The van der Waals surface area contributed by atoms with Gasteiger partial charge in [0.25, 0.3) is 0 Å². The lowest BCUT2D eigenvalue weighted by Crippen LogP contribution is -2.19. The van der Waals surface area contributed by atoms with E-state index in [1.807, 2.05) is 30.3 Å². The molecule has 0 aromatic heterocycles. The Kier molecular flexibility index (Phi) is 5.19. The van der Waals surface area contributed by atoms with Crippen LogP contribution in [0.1, 0.15) is 42.9 Å². The monoisotopic (exact) mass is 311 g/mol. The molecule has 0 saturated heterocycles. The van der Waals surface area contributed by atoms with Gasteiger partial charge < -0.3 is 15.2 Å². The second kappa shape index (κ2) is 7.51. The first-order valence-electron chi connectivity index (χ1n) is 8.38. The maximum atomic E-state index is 6.47. The summed E-state index contributed by atoms with van der Waals surface area (Å²) in [5.74, 6) is 2.11. The molecule has 2 aromatic carbocycles. The zero-order valence-electron chi connectivity index (χ0n) is 13.7. The Balaban J connectivity index is 1.75. The molecule has 3 nitrogen and oxygen atoms in total. The van der Waals surface area contributed by atoms with Crippen LogP contribution in [0.4, 0.5) is 0 Å². The van der Waals surface area contributed by atoms with Gasteiger partial charge in [0, 0.05) is 6.04 Å². The Labute approximate surface area is 138 Å². The summed E-state index contributed by atoms with van der Waals surface area (Å²) in [6.45, 7) is 0.527. The third kappa shape index (κ3) is 3.85. The minimum Gasteiger partial charge on any atom is -0.493 e. The molecule has 1 atom stereocenters. The summed E-state index contributed by atoms with van der Waals surface area (Å²) in [6.07, 6.45) is 5.05. The van der Waals surface area contributed by atoms with Gasteiger partial charge in [-0.2, -0.15) is 0 Å². The maximum Gasteiger partial charge on any atom is 0.161 e. The normalized spacial score (nSPS) is 16.3. The Morgan fingerprint density at radius 1 is 1.04 bits per heavy atom. The average molecular weight is 311 g/mol. The van der Waals surface area contributed by atoms with E-state index in [4.69, 9.17) is 15.2 Å². The van der Waals surface area contributed by atoms with Gasteiger partial charge in [-0.1, -0.05) is 49.2 Å². The van der Waals surface area contributed by atoms with Crippen LogP contribution in [0, 0.1) is 5.92 Å². The summed E-state index contributed by atoms with van der Waals surface area (Å²) in [6, 6.07) is 16.3. The average Bonchev–Trinajstić information content (AvgIpc) is 3.14. The van der Waals surface area contributed by atoms with Crippen molar-refractivity contribution in [3.05, 3.63) is 59.7 Å². The van der Waals surface area contributed by atoms with Crippen molar-refractivity contribution >= 4 is 0 Å². The largest absolute Gasteiger partial charge is 0.493 e. The van der Waals surface area contributed by atoms with E-state index < -0.39 is 0 Å². The lowest BCUT2D eigenvalue weighted by atomic mass is 9.92. The molecule has 3 heteroatoms. The minimum absolute atomic E-state index is 0.0856. The summed E-state index contributed by atoms with van der Waals surface area (Å²) in [5.41, 5.74) is 8.75. The fourth-order valence-electron chi connectivity index (χ4n) is 3.34. The topological polar surface area (TPSA) is 44.5 Å². The first-order chi connectivity index (χ1) is 11.3. The highest BCUT2D eigenvalue weighted by molar-refractivity contribution is 5.44. The van der Waals surface area contributed by atoms with Gasteiger partial charge in [-0.05, 0) is 42.0 Å². The molecule has 122 valence electrons. The van der Waals surface area contributed by atoms with Gasteiger partial charge >= 0.3 is 0 Å². The van der Waals surface area contributed by atoms with Crippen molar-refractivity contribution in [1.29, 1.82) is 0 Å². The van der Waals surface area contributed by atoms with Crippen LogP contribution in [0.15, 0.2) is 48.5 Å². The molecule has 0 amide bonds. The smallest absolute Gasteiger partial charge is 0.161 e. The summed E-state index contributed by atoms with van der Waals surface area (Å²) in [4.78, 5) is 0. The molecule has 2 aromatic rings. The fourth-order valence-corrected chi connectivity index (χ4v) is 3.34. The van der Waals surface area contributed by atoms with E-state index >= 15 is 0 Å². The molecule has 23 heavy (non-hydrogen) atoms. The quantitative estimate of drug-likeness (QED) is 0.856. The molecule has 1 fully saturated rings. The number of methoxy groups -OCH3 is 1. The Hall–Kier alpha value is -2.00. The fraction of sp³-hybridized carbons (Fsp3) is 0.400. The number of rotatable bonds is 6. The van der Waals surface area contributed by atoms with Gasteiger partial charge in [-0.3, -0.25) is 0 Å². The van der Waals surface area contributed by atoms with Gasteiger partial charge in [0.05, 0.1) is 7.11 Å². The molecule has 0 spiro atoms. The number of ether oxygens (including phenoxy) is 2. The van der Waals surface area contributed by atoms with Crippen molar-refractivity contribution in [1.82, 2.24) is 0 Å². The molecule has 2 N–H and O–H groups in total. The number of nitrogens with two attached hydrogens (primary N) is 1. The third-order valence-corrected chi connectivity index (χ3v) is 4.72. The van der Waals surface area contributed by atoms with Gasteiger partial charge in [-0.25, -0.2) is 0 Å². The summed E-state index contributed by atoms with van der Waals surface area (Å²) in [5, 5.41) is 0. The van der Waals surface area contributed by atoms with Crippen LogP contribution in [0.2, 0.25) is 0 Å². The lowest BCUT2D eigenvalue weighted by Gasteiger charge is -2.21. The second-order valence-corrected chi connectivity index (χ2v) is 6.25. The standard InChI is InChI=1S/C20H25NO2/c1-22-18-12-11-17(20(21)16-9-5-6-10-16)13-19(18)23-14-15-7-3-2-4-8-15/h2-4,7-8,11-13,16,20H,5-6,9-10,14,21H2,1H3/t20-/m0/s1. The zero-order valence-corrected chi connectivity index (χ0v) is 13.7. The van der Waals surface area contributed by atoms with Crippen molar-refractivity contribution in [2.24, 2.45) is 11.7 Å². The first-order valence-corrected chi connectivity index (χ1v) is 8.38. The molecular formula is C20H25NO2.